The average molecular weight is 1050 g/mol. The molecule has 0 unspecified atom stereocenters. The van der Waals surface area contributed by atoms with Gasteiger partial charge in [0.2, 0.25) is 41.4 Å². The van der Waals surface area contributed by atoms with E-state index in [1.807, 2.05) is 88.4 Å². The van der Waals surface area contributed by atoms with Gasteiger partial charge in [-0.1, -0.05) is 88.4 Å². The first-order chi connectivity index (χ1) is 34.9. The number of ketones is 2. The van der Waals surface area contributed by atoms with Crippen molar-refractivity contribution >= 4 is 64.7 Å². The Kier molecular flexibility index (Phi) is 23.8. The number of piperidine rings is 1. The molecular weight excluding hydrogens is 963 g/mol. The molecule has 18 heteroatoms. The standard InChI is InChI=1S/C56H83N7O10S/c1-36(2)27-45-49(66)32-43(39(6)64)54(71)58(7)33-50(67)60(9)46(28-37(3)4)52(69)57-44(55(72)63-25-19-14-20-26-63)34-74-35-51(68)61(10)47(30-41-23-17-13-18-24-41)56(73)59(8)38(5)48(65)31-42(53(70)62(45)11)29-40-21-15-12-16-22-40/h12-13,15-18,21-24,36-39,42-47,64H,14,19-20,25-35H2,1-11H3,(H,57,69)/t38-,39+,42+,43-,44-,45-,46-,47-/m0/s1. The van der Waals surface area contributed by atoms with E-state index < -0.39 is 108 Å². The highest BCUT2D eigenvalue weighted by molar-refractivity contribution is 8.00. The molecule has 2 aromatic rings. The molecule has 2 saturated heterocycles. The average Bonchev–Trinajstić information content (AvgIpc) is 3.37. The molecule has 2 aliphatic heterocycles. The van der Waals surface area contributed by atoms with Gasteiger partial charge in [0.25, 0.3) is 0 Å². The first-order valence-corrected chi connectivity index (χ1v) is 27.4. The quantitative estimate of drug-likeness (QED) is 0.346. The Morgan fingerprint density at radius 3 is 1.73 bits per heavy atom. The maximum Gasteiger partial charge on any atom is 0.246 e. The fourth-order valence-electron chi connectivity index (χ4n) is 9.69. The Morgan fingerprint density at radius 2 is 1.18 bits per heavy atom. The summed E-state index contributed by atoms with van der Waals surface area (Å²) in [5.74, 6) is -7.14. The highest BCUT2D eigenvalue weighted by Gasteiger charge is 2.40. The second-order valence-electron chi connectivity index (χ2n) is 21.3. The molecule has 2 N–H and O–H groups in total. The van der Waals surface area contributed by atoms with Crippen molar-refractivity contribution in [2.75, 3.05) is 66.4 Å². The van der Waals surface area contributed by atoms with Crippen LogP contribution in [0.25, 0.3) is 0 Å². The summed E-state index contributed by atoms with van der Waals surface area (Å²) in [6, 6.07) is 13.0. The number of benzene rings is 2. The van der Waals surface area contributed by atoms with Crippen LogP contribution in [0.3, 0.4) is 0 Å². The van der Waals surface area contributed by atoms with Gasteiger partial charge in [0, 0.05) is 79.3 Å². The number of carbonyl (C=O) groups excluding carboxylic acids is 9. The van der Waals surface area contributed by atoms with E-state index in [4.69, 9.17) is 0 Å². The van der Waals surface area contributed by atoms with Crippen LogP contribution in [-0.4, -0.2) is 190 Å². The maximum atomic E-state index is 14.8. The largest absolute Gasteiger partial charge is 0.393 e. The van der Waals surface area contributed by atoms with Crippen molar-refractivity contribution in [2.24, 2.45) is 23.7 Å². The van der Waals surface area contributed by atoms with Crippen molar-refractivity contribution < 1.29 is 48.3 Å². The van der Waals surface area contributed by atoms with Crippen LogP contribution < -0.4 is 5.32 Å². The second-order valence-corrected chi connectivity index (χ2v) is 22.3. The number of hydrogen-bond donors (Lipinski definition) is 2. The highest BCUT2D eigenvalue weighted by atomic mass is 32.2. The van der Waals surface area contributed by atoms with Gasteiger partial charge < -0.3 is 39.8 Å². The van der Waals surface area contributed by atoms with Crippen LogP contribution in [0.15, 0.2) is 60.7 Å². The zero-order valence-electron chi connectivity index (χ0n) is 45.7. The van der Waals surface area contributed by atoms with E-state index in [1.165, 1.54) is 61.8 Å². The SMILES string of the molecule is CC(C)C[C@H]1C(=O)N[C@H](C(=O)N2CCCCC2)CSCC(=O)N(C)[C@@H](Cc2ccccc2)C(=O)N(C)[C@@H](C)C(=O)C[C@@H](Cc2ccccc2)C(=O)N(C)[C@@H](CC(C)C)C(=O)C[C@@H]([C@@H](C)O)C(=O)N(C)CC(=O)N1C. The van der Waals surface area contributed by atoms with E-state index >= 15 is 0 Å². The number of thioether (sulfide) groups is 1. The Morgan fingerprint density at radius 1 is 0.635 bits per heavy atom. The number of nitrogens with one attached hydrogen (secondary N) is 1. The van der Waals surface area contributed by atoms with E-state index in [2.05, 4.69) is 5.32 Å². The number of nitrogens with zero attached hydrogens (tertiary/aromatic N) is 6. The zero-order valence-corrected chi connectivity index (χ0v) is 46.5. The molecule has 408 valence electrons. The monoisotopic (exact) mass is 1050 g/mol. The van der Waals surface area contributed by atoms with Crippen molar-refractivity contribution in [3.63, 3.8) is 0 Å². The summed E-state index contributed by atoms with van der Waals surface area (Å²) in [6.07, 6.45) is 1.14. The number of Topliss-reactive ketones (excluding diaryl/α,β-unsaturated/α-hetero) is 2. The Hall–Kier alpha value is -5.62. The molecule has 8 atom stereocenters. The summed E-state index contributed by atoms with van der Waals surface area (Å²) < 4.78 is 0. The number of aliphatic hydroxyl groups is 1. The molecule has 0 spiro atoms. The fourth-order valence-corrected chi connectivity index (χ4v) is 10.7. The number of likely N-dealkylation sites (tertiary alicyclic amines) is 1. The van der Waals surface area contributed by atoms with Crippen LogP contribution in [0.2, 0.25) is 0 Å². The summed E-state index contributed by atoms with van der Waals surface area (Å²) in [4.78, 5) is 138. The Bertz CT molecular complexity index is 2240. The van der Waals surface area contributed by atoms with Crippen LogP contribution in [-0.2, 0) is 56.0 Å². The Labute approximate surface area is 443 Å². The molecule has 7 amide bonds. The lowest BCUT2D eigenvalue weighted by atomic mass is 9.87. The zero-order chi connectivity index (χ0) is 55.0. The predicted octanol–water partition coefficient (Wildman–Crippen LogP) is 4.13. The van der Waals surface area contributed by atoms with Crippen LogP contribution >= 0.6 is 11.8 Å². The van der Waals surface area contributed by atoms with Crippen molar-refractivity contribution in [1.82, 2.24) is 34.7 Å². The molecule has 0 aliphatic carbocycles. The molecular formula is C56H83N7O10S. The molecule has 2 fully saturated rings. The summed E-state index contributed by atoms with van der Waals surface area (Å²) in [6.45, 7) is 11.0. The number of aliphatic hydroxyl groups excluding tert-OH is 1. The van der Waals surface area contributed by atoms with Crippen molar-refractivity contribution in [1.29, 1.82) is 0 Å². The van der Waals surface area contributed by atoms with Gasteiger partial charge in [-0.3, -0.25) is 43.2 Å². The minimum absolute atomic E-state index is 0.00221. The number of rotatable bonds is 10. The normalized spacial score (nSPS) is 25.5. The molecule has 0 radical (unpaired) electrons. The molecule has 4 rings (SSSR count). The van der Waals surface area contributed by atoms with Gasteiger partial charge in [0.1, 0.15) is 18.1 Å². The smallest absolute Gasteiger partial charge is 0.246 e. The third-order valence-electron chi connectivity index (χ3n) is 14.5. The first kappa shape index (κ1) is 60.9. The number of amides is 7. The number of likely N-dealkylation sites (N-methyl/N-ethyl adjacent to an activating group) is 5. The minimum Gasteiger partial charge on any atom is -0.393 e. The Balaban J connectivity index is 1.82. The highest BCUT2D eigenvalue weighted by Crippen LogP contribution is 2.26. The molecule has 0 bridgehead atoms. The lowest BCUT2D eigenvalue weighted by molar-refractivity contribution is -0.149. The third kappa shape index (κ3) is 17.2. The molecule has 0 saturated carbocycles. The lowest BCUT2D eigenvalue weighted by Crippen LogP contribution is -2.57. The number of carbonyl (C=O) groups is 9. The van der Waals surface area contributed by atoms with Gasteiger partial charge in [-0.2, -0.15) is 0 Å². The van der Waals surface area contributed by atoms with Gasteiger partial charge in [-0.05, 0) is 75.3 Å². The van der Waals surface area contributed by atoms with Crippen LogP contribution in [0.5, 0.6) is 0 Å². The van der Waals surface area contributed by atoms with Gasteiger partial charge in [0.05, 0.1) is 36.4 Å². The van der Waals surface area contributed by atoms with Crippen molar-refractivity contribution in [3.8, 4) is 0 Å². The van der Waals surface area contributed by atoms with E-state index in [-0.39, 0.29) is 61.4 Å². The molecule has 2 aromatic carbocycles. The summed E-state index contributed by atoms with van der Waals surface area (Å²) >= 11 is 1.13. The van der Waals surface area contributed by atoms with Crippen LogP contribution in [0.4, 0.5) is 0 Å². The van der Waals surface area contributed by atoms with Crippen molar-refractivity contribution in [2.45, 2.75) is 136 Å². The first-order valence-electron chi connectivity index (χ1n) is 26.2. The minimum atomic E-state index is -1.34. The van der Waals surface area contributed by atoms with E-state index in [0.29, 0.717) is 13.1 Å². The lowest BCUT2D eigenvalue weighted by Gasteiger charge is -2.35. The summed E-state index contributed by atoms with van der Waals surface area (Å²) in [7, 11) is 7.37. The van der Waals surface area contributed by atoms with Gasteiger partial charge in [-0.25, -0.2) is 0 Å². The predicted molar refractivity (Wildman–Crippen MR) is 286 cm³/mol. The van der Waals surface area contributed by atoms with E-state index in [9.17, 15) is 48.3 Å². The van der Waals surface area contributed by atoms with E-state index in [1.54, 1.807) is 11.8 Å². The van der Waals surface area contributed by atoms with Crippen LogP contribution in [0, 0.1) is 23.7 Å². The molecule has 74 heavy (non-hydrogen) atoms. The molecule has 2 aliphatic rings. The molecule has 0 aromatic heterocycles. The number of hydrogen-bond acceptors (Lipinski definition) is 11. The third-order valence-corrected chi connectivity index (χ3v) is 15.6. The van der Waals surface area contributed by atoms with E-state index in [0.717, 1.165) is 47.1 Å². The van der Waals surface area contributed by atoms with Crippen LogP contribution in [0.1, 0.15) is 97.6 Å². The summed E-state index contributed by atoms with van der Waals surface area (Å²) in [5, 5.41) is 14.0. The molecule has 2 heterocycles. The second kappa shape index (κ2) is 28.9. The molecule has 17 nitrogen and oxygen atoms in total. The maximum absolute atomic E-state index is 14.8. The van der Waals surface area contributed by atoms with Gasteiger partial charge in [-0.15, -0.1) is 11.8 Å². The van der Waals surface area contributed by atoms with Gasteiger partial charge >= 0.3 is 0 Å². The van der Waals surface area contributed by atoms with Crippen molar-refractivity contribution in [3.05, 3.63) is 71.8 Å². The fraction of sp³-hybridized carbons (Fsp3) is 0.625. The summed E-state index contributed by atoms with van der Waals surface area (Å²) in [5.41, 5.74) is 1.54. The van der Waals surface area contributed by atoms with Gasteiger partial charge in [0.15, 0.2) is 11.6 Å². The topological polar surface area (TPSA) is 205 Å².